The highest BCUT2D eigenvalue weighted by molar-refractivity contribution is 5.82. The Morgan fingerprint density at radius 1 is 0.206 bits per heavy atom. The molecule has 0 aliphatic heterocycles. The summed E-state index contributed by atoms with van der Waals surface area (Å²) >= 11 is 0. The summed E-state index contributed by atoms with van der Waals surface area (Å²) in [6.45, 7) is 60.0. The maximum absolute atomic E-state index is 4.91. The first-order valence-electron chi connectivity index (χ1n) is 49.9. The van der Waals surface area contributed by atoms with Gasteiger partial charge in [-0.25, -0.2) is 0 Å². The van der Waals surface area contributed by atoms with Crippen LogP contribution in [0.25, 0.3) is 21.9 Å². The topological polar surface area (TPSA) is 64.6 Å². The Morgan fingerprint density at radius 2 is 0.344 bits per heavy atom. The van der Waals surface area contributed by atoms with Crippen molar-refractivity contribution in [1.82, 2.24) is 0 Å². The molecule has 15 rings (SSSR count). The lowest BCUT2D eigenvalue weighted by Crippen LogP contribution is -2.15. The van der Waals surface area contributed by atoms with Crippen molar-refractivity contribution in [1.29, 1.82) is 0 Å². The number of ether oxygens (including phenoxy) is 7. The highest BCUT2D eigenvalue weighted by Gasteiger charge is 2.48. The summed E-state index contributed by atoms with van der Waals surface area (Å²) in [6.07, 6.45) is 17.8. The minimum Gasteiger partial charge on any atom is -0.497 e. The Balaban J connectivity index is -0.000000207. The Kier molecular flexibility index (Phi) is 112. The molecule has 3 aliphatic carbocycles. The zero-order valence-electron chi connectivity index (χ0n) is 90.2. The van der Waals surface area contributed by atoms with Crippen LogP contribution in [0.1, 0.15) is 281 Å². The zero-order chi connectivity index (χ0) is 101. The fourth-order valence-corrected chi connectivity index (χ4v) is 11.9. The SMILES string of the molecule is C1CC2C3CCC(C3)C2C1.CC.CC.CC.CC.CC.CC.CC.CC.CC(C)C.CCC.CCC.CCC.CCc1ccc(-c2ccc(CC)cc2)cc1.CCc1ccc(CC)cc1.COc1ccccc1.COc1ccccc1.COc1ccccc1.COc1ccccc1.COc1ccccc1.COc1ccccc1.COc1ccccc1.c1ccc2ccccc2c1. The molecule has 0 heterocycles. The summed E-state index contributed by atoms with van der Waals surface area (Å²) in [6, 6.07) is 111. The van der Waals surface area contributed by atoms with Gasteiger partial charge in [0.2, 0.25) is 0 Å². The van der Waals surface area contributed by atoms with Crippen LogP contribution in [0.2, 0.25) is 0 Å². The lowest BCUT2D eigenvalue weighted by atomic mass is 9.82. The summed E-state index contributed by atoms with van der Waals surface area (Å²) in [5.74, 6) is 12.0. The van der Waals surface area contributed by atoms with Gasteiger partial charge in [-0.1, -0.05) is 475 Å². The van der Waals surface area contributed by atoms with Crippen molar-refractivity contribution in [2.45, 2.75) is 284 Å². The van der Waals surface area contributed by atoms with Crippen molar-refractivity contribution in [3.05, 3.63) is 356 Å². The molecule has 0 aromatic heterocycles. The van der Waals surface area contributed by atoms with Gasteiger partial charge in [0, 0.05) is 0 Å². The van der Waals surface area contributed by atoms with Crippen LogP contribution in [-0.4, -0.2) is 49.8 Å². The Morgan fingerprint density at radius 3 is 0.473 bits per heavy atom. The molecule has 0 spiro atoms. The van der Waals surface area contributed by atoms with Gasteiger partial charge in [-0.2, -0.15) is 0 Å². The van der Waals surface area contributed by atoms with Crippen molar-refractivity contribution < 1.29 is 33.2 Å². The normalized spacial score (nSPS) is 11.9. The summed E-state index contributed by atoms with van der Waals surface area (Å²) < 4.78 is 34.4. The number of methoxy groups -OCH3 is 7. The summed E-state index contributed by atoms with van der Waals surface area (Å²) in [4.78, 5) is 0. The second-order valence-electron chi connectivity index (χ2n) is 28.0. The van der Waals surface area contributed by atoms with E-state index in [1.165, 1.54) is 87.1 Å². The van der Waals surface area contributed by atoms with Gasteiger partial charge in [-0.3, -0.25) is 0 Å². The lowest BCUT2D eigenvalue weighted by Gasteiger charge is -2.23. The molecule has 3 fully saturated rings. The summed E-state index contributed by atoms with van der Waals surface area (Å²) in [7, 11) is 11.6. The summed E-state index contributed by atoms with van der Waals surface area (Å²) in [5.41, 5.74) is 8.26. The standard InChI is InChI=1S/C16H18.C10H16.C10H8.C10H14.7C7H8O.C4H10.3C3H8.8C2H6/c1-3-13-5-9-15(10-6-13)16-11-7-14(4-2)8-12-16;1-2-9-7-4-5-8(6-7)10(9)3-1;1-2-6-10-8-4-3-7-9(10)5-1;1-3-9-5-7-10(4-2)8-6-9;7*1-8-7-5-3-2-4-6-7;1-4(2)3;3*1-3-2;8*1-2/h5-12H,3-4H2,1-2H3;7-10H,1-6H2;1-8H;5-8H,3-4H2,1-2H3;7*2-6H,1H3;4H,1-3H3;3*3H2,1-2H3;8*1-2H3. The Labute approximate surface area is 809 Å². The van der Waals surface area contributed by atoms with Crippen molar-refractivity contribution in [3.8, 4) is 51.4 Å². The van der Waals surface area contributed by atoms with E-state index < -0.39 is 0 Å². The number of rotatable bonds is 12. The van der Waals surface area contributed by atoms with Gasteiger partial charge in [0.1, 0.15) is 40.2 Å². The van der Waals surface area contributed by atoms with E-state index in [9.17, 15) is 0 Å². The van der Waals surface area contributed by atoms with Crippen molar-refractivity contribution >= 4 is 10.8 Å². The van der Waals surface area contributed by atoms with E-state index in [0.717, 1.165) is 71.8 Å². The average Bonchev–Trinajstić information content (AvgIpc) is 1.62. The van der Waals surface area contributed by atoms with Gasteiger partial charge >= 0.3 is 0 Å². The van der Waals surface area contributed by atoms with E-state index in [-0.39, 0.29) is 0 Å². The number of benzene rings is 12. The van der Waals surface area contributed by atoms with Crippen molar-refractivity contribution in [2.24, 2.45) is 29.6 Å². The van der Waals surface area contributed by atoms with Gasteiger partial charge in [0.15, 0.2) is 0 Å². The van der Waals surface area contributed by atoms with E-state index in [1.807, 2.05) is 323 Å². The van der Waals surface area contributed by atoms with Crippen LogP contribution in [0.15, 0.2) is 334 Å². The third kappa shape index (κ3) is 76.9. The number of fused-ring (bicyclic) bond motifs is 6. The number of hydrogen-bond donors (Lipinski definition) is 0. The third-order valence-corrected chi connectivity index (χ3v) is 17.8. The van der Waals surface area contributed by atoms with Crippen LogP contribution >= 0.6 is 0 Å². The fourth-order valence-electron chi connectivity index (χ4n) is 11.9. The molecule has 12 aromatic rings. The minimum absolute atomic E-state index is 0.833. The molecule has 7 heteroatoms. The molecule has 4 atom stereocenters. The number of para-hydroxylation sites is 7. The molecule has 131 heavy (non-hydrogen) atoms. The molecule has 0 N–H and O–H groups in total. The van der Waals surface area contributed by atoms with Gasteiger partial charge in [-0.05, 0) is 216 Å². The number of aryl methyl sites for hydroxylation is 4. The van der Waals surface area contributed by atoms with Crippen molar-refractivity contribution in [2.75, 3.05) is 49.8 Å². The minimum atomic E-state index is 0.833. The van der Waals surface area contributed by atoms with E-state index >= 15 is 0 Å². The van der Waals surface area contributed by atoms with Gasteiger partial charge in [0.25, 0.3) is 0 Å². The molecule has 2 bridgehead atoms. The van der Waals surface area contributed by atoms with Crippen LogP contribution in [0.4, 0.5) is 0 Å². The average molecular weight is 1800 g/mol. The van der Waals surface area contributed by atoms with E-state index in [0.29, 0.717) is 0 Å². The maximum atomic E-state index is 4.91. The first kappa shape index (κ1) is 136. The van der Waals surface area contributed by atoms with E-state index in [1.54, 1.807) is 88.3 Å². The van der Waals surface area contributed by atoms with Gasteiger partial charge in [0.05, 0.1) is 49.8 Å². The molecular formula is C124H194O7. The lowest BCUT2D eigenvalue weighted by molar-refractivity contribution is 0.259. The van der Waals surface area contributed by atoms with Crippen LogP contribution < -0.4 is 33.2 Å². The van der Waals surface area contributed by atoms with Crippen molar-refractivity contribution in [3.63, 3.8) is 0 Å². The first-order valence-corrected chi connectivity index (χ1v) is 49.9. The largest absolute Gasteiger partial charge is 0.497 e. The molecule has 0 radical (unpaired) electrons. The molecule has 12 aromatic carbocycles. The molecule has 4 unspecified atom stereocenters. The van der Waals surface area contributed by atoms with Crippen LogP contribution in [0.3, 0.4) is 0 Å². The van der Waals surface area contributed by atoms with E-state index in [2.05, 4.69) is 211 Å². The predicted molar refractivity (Wildman–Crippen MR) is 592 cm³/mol. The molecular weight excluding hydrogens is 1600 g/mol. The molecule has 0 saturated heterocycles. The Hall–Kier alpha value is -10.5. The number of hydrogen-bond acceptors (Lipinski definition) is 7. The smallest absolute Gasteiger partial charge is 0.118 e. The Bertz CT molecular complexity index is 3470. The third-order valence-electron chi connectivity index (χ3n) is 17.8. The highest BCUT2D eigenvalue weighted by Crippen LogP contribution is 2.58. The molecule has 0 amide bonds. The van der Waals surface area contributed by atoms with Crippen LogP contribution in [0, 0.1) is 29.6 Å². The second-order valence-corrected chi connectivity index (χ2v) is 28.0. The maximum Gasteiger partial charge on any atom is 0.118 e. The first-order chi connectivity index (χ1) is 64.1. The summed E-state index contributed by atoms with van der Waals surface area (Å²) in [5, 5.41) is 2.62. The van der Waals surface area contributed by atoms with Crippen LogP contribution in [-0.2, 0) is 25.7 Å². The van der Waals surface area contributed by atoms with Crippen LogP contribution in [0.5, 0.6) is 40.2 Å². The molecule has 732 valence electrons. The highest BCUT2D eigenvalue weighted by atomic mass is 16.5. The van der Waals surface area contributed by atoms with E-state index in [4.69, 9.17) is 33.2 Å². The van der Waals surface area contributed by atoms with Gasteiger partial charge < -0.3 is 33.2 Å². The fraction of sp³-hybridized carbons (Fsp3) is 0.435. The molecule has 7 nitrogen and oxygen atoms in total. The quantitative estimate of drug-likeness (QED) is 0.121. The van der Waals surface area contributed by atoms with Gasteiger partial charge in [-0.15, -0.1) is 0 Å². The monoisotopic (exact) mass is 1800 g/mol. The molecule has 3 aliphatic rings. The predicted octanol–water partition coefficient (Wildman–Crippen LogP) is 38.9. The second kappa shape index (κ2) is 108. The zero-order valence-corrected chi connectivity index (χ0v) is 90.2. The molecule has 3 saturated carbocycles.